The molecule has 0 aliphatic carbocycles. The van der Waals surface area contributed by atoms with Gasteiger partial charge in [-0.15, -0.1) is 0 Å². The van der Waals surface area contributed by atoms with Crippen molar-refractivity contribution in [3.05, 3.63) is 58.6 Å². The molecule has 1 amide bonds. The average Bonchev–Trinajstić information content (AvgIpc) is 2.56. The number of hydrogen-bond donors (Lipinski definition) is 0. The van der Waals surface area contributed by atoms with Gasteiger partial charge in [-0.05, 0) is 31.2 Å². The van der Waals surface area contributed by atoms with E-state index in [2.05, 4.69) is 0 Å². The van der Waals surface area contributed by atoms with Crippen LogP contribution in [0.2, 0.25) is 5.02 Å². The number of halogens is 1. The Bertz CT molecular complexity index is 703. The number of anilines is 1. The van der Waals surface area contributed by atoms with E-state index in [1.54, 1.807) is 11.0 Å². The van der Waals surface area contributed by atoms with Crippen LogP contribution in [0.4, 0.5) is 5.69 Å². The van der Waals surface area contributed by atoms with Gasteiger partial charge in [0.2, 0.25) is 5.91 Å². The smallest absolute Gasteiger partial charge is 0.231 e. The molecule has 1 heterocycles. The van der Waals surface area contributed by atoms with Crippen LogP contribution in [0.3, 0.4) is 0 Å². The van der Waals surface area contributed by atoms with Gasteiger partial charge in [0.25, 0.3) is 0 Å². The minimum atomic E-state index is 0.0123. The molecule has 0 atom stereocenters. The number of likely N-dealkylation sites (N-methyl/N-ethyl adjacent to an activating group) is 1. The molecule has 120 valence electrons. The van der Waals surface area contributed by atoms with Gasteiger partial charge in [0.1, 0.15) is 5.75 Å². The van der Waals surface area contributed by atoms with Crippen molar-refractivity contribution < 1.29 is 14.3 Å². The van der Waals surface area contributed by atoms with Crippen molar-refractivity contribution in [2.75, 3.05) is 18.2 Å². The first kappa shape index (κ1) is 15.8. The Morgan fingerprint density at radius 2 is 2.04 bits per heavy atom. The first-order chi connectivity index (χ1) is 11.2. The van der Waals surface area contributed by atoms with Crippen LogP contribution < -0.4 is 9.64 Å². The Morgan fingerprint density at radius 1 is 1.26 bits per heavy atom. The maximum Gasteiger partial charge on any atom is 0.231 e. The van der Waals surface area contributed by atoms with Gasteiger partial charge in [0.15, 0.2) is 6.79 Å². The van der Waals surface area contributed by atoms with Crippen molar-refractivity contribution >= 4 is 23.2 Å². The standard InChI is InChI=1S/C18H18ClNO3/c1-2-20(16-6-4-3-5-7-16)17(21)10-13-8-15(19)9-14-11-22-12-23-18(13)14/h3-9H,2,10-12H2,1H3. The second-order valence-electron chi connectivity index (χ2n) is 5.31. The number of benzene rings is 2. The Balaban J connectivity index is 1.86. The maximum atomic E-state index is 12.7. The van der Waals surface area contributed by atoms with Gasteiger partial charge in [-0.25, -0.2) is 0 Å². The molecule has 0 fully saturated rings. The number of hydrogen-bond acceptors (Lipinski definition) is 3. The van der Waals surface area contributed by atoms with E-state index >= 15 is 0 Å². The zero-order chi connectivity index (χ0) is 16.2. The quantitative estimate of drug-likeness (QED) is 0.855. The average molecular weight is 332 g/mol. The normalized spacial score (nSPS) is 13.1. The summed E-state index contributed by atoms with van der Waals surface area (Å²) in [7, 11) is 0. The van der Waals surface area contributed by atoms with Gasteiger partial charge in [-0.1, -0.05) is 29.8 Å². The molecule has 0 saturated carbocycles. The molecule has 0 radical (unpaired) electrons. The summed E-state index contributed by atoms with van der Waals surface area (Å²) in [6.45, 7) is 3.22. The highest BCUT2D eigenvalue weighted by atomic mass is 35.5. The van der Waals surface area contributed by atoms with Gasteiger partial charge >= 0.3 is 0 Å². The van der Waals surface area contributed by atoms with Gasteiger partial charge in [-0.2, -0.15) is 0 Å². The summed E-state index contributed by atoms with van der Waals surface area (Å²) in [6.07, 6.45) is 0.242. The molecule has 5 heteroatoms. The Labute approximate surface area is 140 Å². The first-order valence-corrected chi connectivity index (χ1v) is 7.94. The summed E-state index contributed by atoms with van der Waals surface area (Å²) in [5, 5.41) is 0.586. The summed E-state index contributed by atoms with van der Waals surface area (Å²) in [4.78, 5) is 14.5. The van der Waals surface area contributed by atoms with Crippen LogP contribution in [0.15, 0.2) is 42.5 Å². The lowest BCUT2D eigenvalue weighted by Crippen LogP contribution is -2.32. The van der Waals surface area contributed by atoms with E-state index in [0.717, 1.165) is 22.6 Å². The van der Waals surface area contributed by atoms with Gasteiger partial charge in [-0.3, -0.25) is 4.79 Å². The fraction of sp³-hybridized carbons (Fsp3) is 0.278. The van der Waals surface area contributed by atoms with Crippen molar-refractivity contribution in [3.63, 3.8) is 0 Å². The number of nitrogens with zero attached hydrogens (tertiary/aromatic N) is 1. The minimum Gasteiger partial charge on any atom is -0.467 e. The third kappa shape index (κ3) is 3.49. The van der Waals surface area contributed by atoms with Crippen molar-refractivity contribution in [1.82, 2.24) is 0 Å². The van der Waals surface area contributed by atoms with Crippen molar-refractivity contribution in [2.24, 2.45) is 0 Å². The first-order valence-electron chi connectivity index (χ1n) is 7.56. The van der Waals surface area contributed by atoms with Crippen LogP contribution in [-0.4, -0.2) is 19.2 Å². The minimum absolute atomic E-state index is 0.0123. The molecule has 0 saturated heterocycles. The Hall–Kier alpha value is -2.04. The van der Waals surface area contributed by atoms with E-state index < -0.39 is 0 Å². The monoisotopic (exact) mass is 331 g/mol. The molecular weight excluding hydrogens is 314 g/mol. The lowest BCUT2D eigenvalue weighted by molar-refractivity contribution is -0.118. The fourth-order valence-electron chi connectivity index (χ4n) is 2.76. The zero-order valence-corrected chi connectivity index (χ0v) is 13.7. The van der Waals surface area contributed by atoms with E-state index in [9.17, 15) is 4.79 Å². The molecule has 1 aliphatic rings. The topological polar surface area (TPSA) is 38.8 Å². The molecule has 0 bridgehead atoms. The van der Waals surface area contributed by atoms with Crippen molar-refractivity contribution in [1.29, 1.82) is 0 Å². The maximum absolute atomic E-state index is 12.7. The summed E-state index contributed by atoms with van der Waals surface area (Å²) in [5.74, 6) is 0.733. The number of para-hydroxylation sites is 1. The predicted octanol–water partition coefficient (Wildman–Crippen LogP) is 3.80. The lowest BCUT2D eigenvalue weighted by atomic mass is 10.0. The number of carbonyl (C=O) groups is 1. The Morgan fingerprint density at radius 3 is 2.78 bits per heavy atom. The molecule has 4 nitrogen and oxygen atoms in total. The molecule has 2 aromatic rings. The number of amides is 1. The van der Waals surface area contributed by atoms with Crippen LogP contribution in [0.1, 0.15) is 18.1 Å². The predicted molar refractivity (Wildman–Crippen MR) is 89.9 cm³/mol. The van der Waals surface area contributed by atoms with Gasteiger partial charge < -0.3 is 14.4 Å². The van der Waals surface area contributed by atoms with Crippen LogP contribution in [0, 0.1) is 0 Å². The molecule has 0 N–H and O–H groups in total. The third-order valence-corrected chi connectivity index (χ3v) is 4.00. The molecule has 0 aromatic heterocycles. The van der Waals surface area contributed by atoms with E-state index in [0.29, 0.717) is 18.2 Å². The van der Waals surface area contributed by atoms with E-state index in [-0.39, 0.29) is 19.1 Å². The molecule has 1 aliphatic heterocycles. The number of fused-ring (bicyclic) bond motifs is 1. The van der Waals surface area contributed by atoms with Crippen molar-refractivity contribution in [2.45, 2.75) is 20.0 Å². The SMILES string of the molecule is CCN(C(=O)Cc1cc(Cl)cc2c1OCOC2)c1ccccc1. The van der Waals surface area contributed by atoms with Crippen LogP contribution >= 0.6 is 11.6 Å². The molecule has 3 rings (SSSR count). The van der Waals surface area contributed by atoms with E-state index in [1.807, 2.05) is 43.3 Å². The molecule has 0 spiro atoms. The van der Waals surface area contributed by atoms with Crippen molar-refractivity contribution in [3.8, 4) is 5.75 Å². The largest absolute Gasteiger partial charge is 0.467 e. The molecule has 0 unspecified atom stereocenters. The third-order valence-electron chi connectivity index (χ3n) is 3.78. The summed E-state index contributed by atoms with van der Waals surface area (Å²) in [6, 6.07) is 13.3. The van der Waals surface area contributed by atoms with Crippen LogP contribution in [-0.2, 0) is 22.6 Å². The lowest BCUT2D eigenvalue weighted by Gasteiger charge is -2.24. The van der Waals surface area contributed by atoms with Crippen LogP contribution in [0.25, 0.3) is 0 Å². The highest BCUT2D eigenvalue weighted by Crippen LogP contribution is 2.32. The summed E-state index contributed by atoms with van der Waals surface area (Å²) < 4.78 is 10.9. The van der Waals surface area contributed by atoms with E-state index in [1.165, 1.54) is 0 Å². The summed E-state index contributed by atoms with van der Waals surface area (Å²) >= 11 is 6.16. The van der Waals surface area contributed by atoms with E-state index in [4.69, 9.17) is 21.1 Å². The number of rotatable bonds is 4. The second-order valence-corrected chi connectivity index (χ2v) is 5.75. The highest BCUT2D eigenvalue weighted by molar-refractivity contribution is 6.30. The second kappa shape index (κ2) is 7.02. The molecular formula is C18H18ClNO3. The van der Waals surface area contributed by atoms with Gasteiger partial charge in [0.05, 0.1) is 13.0 Å². The summed E-state index contributed by atoms with van der Waals surface area (Å²) in [5.41, 5.74) is 2.57. The molecule has 23 heavy (non-hydrogen) atoms. The van der Waals surface area contributed by atoms with Gasteiger partial charge in [0, 0.05) is 28.4 Å². The highest BCUT2D eigenvalue weighted by Gasteiger charge is 2.21. The number of carbonyl (C=O) groups excluding carboxylic acids is 1. The molecule has 2 aromatic carbocycles. The van der Waals surface area contributed by atoms with Crippen LogP contribution in [0.5, 0.6) is 5.75 Å². The fourth-order valence-corrected chi connectivity index (χ4v) is 3.02. The number of ether oxygens (including phenoxy) is 2. The Kier molecular flexibility index (Phi) is 4.84. The zero-order valence-electron chi connectivity index (χ0n) is 12.9.